The summed E-state index contributed by atoms with van der Waals surface area (Å²) in [5.41, 5.74) is 8.13. The first-order valence-electron chi connectivity index (χ1n) is 9.64. The predicted octanol–water partition coefficient (Wildman–Crippen LogP) is 4.74. The normalized spacial score (nSPS) is 12.0. The molecule has 0 heterocycles. The molecule has 0 fully saturated rings. The third kappa shape index (κ3) is 4.08. The number of methoxy groups -OCH3 is 2. The summed E-state index contributed by atoms with van der Waals surface area (Å²) < 4.78 is 11.0. The van der Waals surface area contributed by atoms with E-state index in [2.05, 4.69) is 65.8 Å². The van der Waals surface area contributed by atoms with E-state index in [0.717, 1.165) is 11.5 Å². The van der Waals surface area contributed by atoms with Crippen molar-refractivity contribution in [1.82, 2.24) is 0 Å². The largest absolute Gasteiger partial charge is 0.497 e. The second-order valence-electron chi connectivity index (χ2n) is 7.59. The third-order valence-electron chi connectivity index (χ3n) is 5.54. The summed E-state index contributed by atoms with van der Waals surface area (Å²) in [5.74, 6) is 2.44. The zero-order valence-electron chi connectivity index (χ0n) is 17.7. The molecule has 0 bridgehead atoms. The number of rotatable bonds is 7. The Balaban J connectivity index is 2.71. The molecule has 1 atom stereocenters. The summed E-state index contributed by atoms with van der Waals surface area (Å²) in [5, 5.41) is 0. The molecule has 2 aromatic carbocycles. The lowest BCUT2D eigenvalue weighted by Crippen LogP contribution is -2.50. The molecule has 0 aliphatic heterocycles. The summed E-state index contributed by atoms with van der Waals surface area (Å²) in [4.78, 5) is 0. The van der Waals surface area contributed by atoms with E-state index in [1.165, 1.54) is 46.0 Å². The van der Waals surface area contributed by atoms with Crippen molar-refractivity contribution >= 4 is 17.6 Å². The van der Waals surface area contributed by atoms with Crippen molar-refractivity contribution < 1.29 is 9.47 Å². The maximum absolute atomic E-state index is 5.49. The van der Waals surface area contributed by atoms with Crippen LogP contribution in [0.3, 0.4) is 0 Å². The minimum absolute atomic E-state index is 0.381. The number of hydrogen-bond donors (Lipinski definition) is 0. The van der Waals surface area contributed by atoms with E-state index >= 15 is 0 Å². The molecule has 0 saturated carbocycles. The van der Waals surface area contributed by atoms with Crippen LogP contribution >= 0.6 is 0 Å². The quantitative estimate of drug-likeness (QED) is 0.671. The van der Waals surface area contributed by atoms with Gasteiger partial charge in [-0.1, -0.05) is 65.7 Å². The van der Waals surface area contributed by atoms with E-state index in [4.69, 9.17) is 9.47 Å². The van der Waals surface area contributed by atoms with Gasteiger partial charge in [-0.05, 0) is 52.0 Å². The molecule has 0 spiro atoms. The first kappa shape index (κ1) is 20.4. The van der Waals surface area contributed by atoms with Crippen LogP contribution in [0.4, 0.5) is 0 Å². The van der Waals surface area contributed by atoms with Gasteiger partial charge in [-0.3, -0.25) is 0 Å². The fraction of sp³-hybridized carbons (Fsp3) is 0.478. The summed E-state index contributed by atoms with van der Waals surface area (Å²) in [6.45, 7) is 13.9. The van der Waals surface area contributed by atoms with E-state index < -0.39 is 0 Å². The molecule has 0 aliphatic rings. The lowest BCUT2D eigenvalue weighted by atomic mass is 9.31. The highest BCUT2D eigenvalue weighted by atomic mass is 16.5. The van der Waals surface area contributed by atoms with Crippen molar-refractivity contribution in [2.75, 3.05) is 14.2 Å². The Kier molecular flexibility index (Phi) is 6.80. The van der Waals surface area contributed by atoms with Crippen LogP contribution in [0.25, 0.3) is 0 Å². The molecule has 0 aliphatic carbocycles. The Morgan fingerprint density at radius 2 is 1.12 bits per heavy atom. The average molecular weight is 352 g/mol. The molecule has 2 nitrogen and oxygen atoms in total. The Bertz CT molecular complexity index is 661. The van der Waals surface area contributed by atoms with E-state index in [1.54, 1.807) is 14.2 Å². The SMILES string of the molecule is CCCC(C)B(c1c(C)cc(OC)cc1C)c1c(C)cc(OC)cc1C. The maximum Gasteiger partial charge on any atom is 0.213 e. The minimum atomic E-state index is 0.381. The van der Waals surface area contributed by atoms with Gasteiger partial charge in [0.1, 0.15) is 11.5 Å². The number of hydrogen-bond acceptors (Lipinski definition) is 2. The fourth-order valence-electron chi connectivity index (χ4n) is 4.42. The highest BCUT2D eigenvalue weighted by molar-refractivity contribution is 6.87. The van der Waals surface area contributed by atoms with E-state index in [-0.39, 0.29) is 0 Å². The van der Waals surface area contributed by atoms with Gasteiger partial charge in [-0.2, -0.15) is 0 Å². The molecule has 0 saturated heterocycles. The molecular formula is C23H33BO2. The second kappa shape index (κ2) is 8.66. The lowest BCUT2D eigenvalue weighted by Gasteiger charge is -2.28. The van der Waals surface area contributed by atoms with Crippen LogP contribution in [-0.2, 0) is 0 Å². The highest BCUT2D eigenvalue weighted by Crippen LogP contribution is 2.25. The van der Waals surface area contributed by atoms with Gasteiger partial charge in [0.25, 0.3) is 0 Å². The van der Waals surface area contributed by atoms with Crippen LogP contribution in [0, 0.1) is 27.7 Å². The second-order valence-corrected chi connectivity index (χ2v) is 7.59. The smallest absolute Gasteiger partial charge is 0.213 e. The van der Waals surface area contributed by atoms with Crippen LogP contribution in [0.15, 0.2) is 24.3 Å². The summed E-state index contributed by atoms with van der Waals surface area (Å²) in [6, 6.07) is 8.68. The van der Waals surface area contributed by atoms with Crippen LogP contribution in [-0.4, -0.2) is 20.9 Å². The van der Waals surface area contributed by atoms with E-state index in [0.29, 0.717) is 12.5 Å². The lowest BCUT2D eigenvalue weighted by molar-refractivity contribution is 0.414. The molecular weight excluding hydrogens is 319 g/mol. The van der Waals surface area contributed by atoms with Gasteiger partial charge in [-0.25, -0.2) is 0 Å². The van der Waals surface area contributed by atoms with Crippen molar-refractivity contribution in [1.29, 1.82) is 0 Å². The highest BCUT2D eigenvalue weighted by Gasteiger charge is 2.31. The summed E-state index contributed by atoms with van der Waals surface area (Å²) in [6.07, 6.45) is 2.40. The van der Waals surface area contributed by atoms with Crippen molar-refractivity contribution in [2.24, 2.45) is 0 Å². The van der Waals surface area contributed by atoms with Gasteiger partial charge in [0.05, 0.1) is 14.2 Å². The van der Waals surface area contributed by atoms with Crippen LogP contribution in [0.2, 0.25) is 5.82 Å². The Morgan fingerprint density at radius 1 is 0.769 bits per heavy atom. The van der Waals surface area contributed by atoms with Crippen molar-refractivity contribution in [2.45, 2.75) is 60.2 Å². The molecule has 0 N–H and O–H groups in total. The molecule has 0 aromatic heterocycles. The minimum Gasteiger partial charge on any atom is -0.497 e. The van der Waals surface area contributed by atoms with Gasteiger partial charge in [0.2, 0.25) is 6.71 Å². The predicted molar refractivity (Wildman–Crippen MR) is 114 cm³/mol. The van der Waals surface area contributed by atoms with Gasteiger partial charge in [-0.15, -0.1) is 0 Å². The molecule has 140 valence electrons. The summed E-state index contributed by atoms with van der Waals surface area (Å²) in [7, 11) is 3.48. The Hall–Kier alpha value is -1.90. The Labute approximate surface area is 160 Å². The summed E-state index contributed by atoms with van der Waals surface area (Å²) >= 11 is 0. The molecule has 2 aromatic rings. The van der Waals surface area contributed by atoms with Crippen molar-refractivity contribution in [3.8, 4) is 11.5 Å². The first-order chi connectivity index (χ1) is 12.3. The fourth-order valence-corrected chi connectivity index (χ4v) is 4.42. The molecule has 2 rings (SSSR count). The van der Waals surface area contributed by atoms with Gasteiger partial charge < -0.3 is 9.47 Å². The zero-order chi connectivity index (χ0) is 19.4. The molecule has 1 unspecified atom stereocenters. The standard InChI is InChI=1S/C23H33BO2/c1-9-10-19(6)24(22-15(2)11-20(25-7)12-16(22)3)23-17(4)13-21(26-8)14-18(23)5/h11-14,19H,9-10H2,1-8H3. The number of ether oxygens (including phenoxy) is 2. The molecule has 3 heteroatoms. The third-order valence-corrected chi connectivity index (χ3v) is 5.54. The number of benzene rings is 2. The van der Waals surface area contributed by atoms with Crippen LogP contribution in [0.5, 0.6) is 11.5 Å². The van der Waals surface area contributed by atoms with E-state index in [9.17, 15) is 0 Å². The zero-order valence-corrected chi connectivity index (χ0v) is 17.7. The van der Waals surface area contributed by atoms with Crippen LogP contribution in [0.1, 0.15) is 48.9 Å². The Morgan fingerprint density at radius 3 is 1.38 bits per heavy atom. The number of aryl methyl sites for hydroxylation is 4. The molecule has 0 amide bonds. The molecule has 0 radical (unpaired) electrons. The van der Waals surface area contributed by atoms with E-state index in [1.807, 2.05) is 0 Å². The topological polar surface area (TPSA) is 18.5 Å². The van der Waals surface area contributed by atoms with Crippen molar-refractivity contribution in [3.05, 3.63) is 46.5 Å². The monoisotopic (exact) mass is 352 g/mol. The van der Waals surface area contributed by atoms with Crippen molar-refractivity contribution in [3.63, 3.8) is 0 Å². The van der Waals surface area contributed by atoms with Crippen LogP contribution < -0.4 is 20.4 Å². The van der Waals surface area contributed by atoms with Gasteiger partial charge in [0.15, 0.2) is 0 Å². The first-order valence-corrected chi connectivity index (χ1v) is 9.64. The molecule has 26 heavy (non-hydrogen) atoms. The maximum atomic E-state index is 5.49. The van der Waals surface area contributed by atoms with Gasteiger partial charge >= 0.3 is 0 Å². The average Bonchev–Trinajstić information content (AvgIpc) is 2.58. The van der Waals surface area contributed by atoms with Gasteiger partial charge in [0, 0.05) is 0 Å².